The number of ether oxygens (including phenoxy) is 2. The van der Waals surface area contributed by atoms with Crippen molar-refractivity contribution in [3.63, 3.8) is 0 Å². The van der Waals surface area contributed by atoms with E-state index in [9.17, 15) is 22.8 Å². The highest BCUT2D eigenvalue weighted by atomic mass is 35.5. The van der Waals surface area contributed by atoms with Gasteiger partial charge in [0.25, 0.3) is 5.91 Å². The molecule has 0 aliphatic rings. The molecule has 3 aromatic rings. The molecule has 13 heteroatoms. The van der Waals surface area contributed by atoms with Gasteiger partial charge in [-0.1, -0.05) is 23.7 Å². The van der Waals surface area contributed by atoms with Crippen LogP contribution in [0.1, 0.15) is 11.4 Å². The average molecular weight is 472 g/mol. The van der Waals surface area contributed by atoms with Crippen LogP contribution in [-0.4, -0.2) is 51.4 Å². The van der Waals surface area contributed by atoms with Gasteiger partial charge in [0.1, 0.15) is 6.04 Å². The number of nitrogens with zero attached hydrogens (tertiary/aromatic N) is 3. The Bertz CT molecular complexity index is 1090. The van der Waals surface area contributed by atoms with Gasteiger partial charge >= 0.3 is 12.1 Å². The Morgan fingerprint density at radius 1 is 1.31 bits per heavy atom. The third-order valence-corrected chi connectivity index (χ3v) is 4.51. The van der Waals surface area contributed by atoms with Crippen LogP contribution < -0.4 is 10.1 Å². The first-order valence-corrected chi connectivity index (χ1v) is 9.46. The fourth-order valence-electron chi connectivity index (χ4n) is 2.72. The van der Waals surface area contributed by atoms with E-state index in [0.29, 0.717) is 11.8 Å². The number of H-pyrrole nitrogens is 1. The van der Waals surface area contributed by atoms with Crippen LogP contribution in [0.4, 0.5) is 13.2 Å². The number of rotatable bonds is 8. The molecule has 0 saturated heterocycles. The van der Waals surface area contributed by atoms with Crippen molar-refractivity contribution in [2.24, 2.45) is 0 Å². The first kappa shape index (κ1) is 23.1. The summed E-state index contributed by atoms with van der Waals surface area (Å²) in [6.45, 7) is -0.693. The molecule has 2 heterocycles. The van der Waals surface area contributed by atoms with Crippen molar-refractivity contribution in [2.45, 2.75) is 18.6 Å². The molecule has 0 bridgehead atoms. The SMILES string of the molecule is COC(=O)[C@H](Cc1c[nH]cn1)NC(=O)COc1cc(C(F)(F)F)nn1-c1ccccc1Cl. The van der Waals surface area contributed by atoms with Crippen LogP contribution in [0.5, 0.6) is 5.88 Å². The lowest BCUT2D eigenvalue weighted by atomic mass is 10.1. The predicted octanol–water partition coefficient (Wildman–Crippen LogP) is 2.55. The number of esters is 1. The van der Waals surface area contributed by atoms with Gasteiger partial charge in [-0.2, -0.15) is 23.0 Å². The summed E-state index contributed by atoms with van der Waals surface area (Å²) in [6, 6.07) is 5.65. The van der Waals surface area contributed by atoms with E-state index in [-0.39, 0.29) is 23.0 Å². The van der Waals surface area contributed by atoms with Crippen molar-refractivity contribution in [3.05, 3.63) is 59.3 Å². The number of carbonyl (C=O) groups excluding carboxylic acids is 2. The van der Waals surface area contributed by atoms with Crippen LogP contribution >= 0.6 is 11.6 Å². The van der Waals surface area contributed by atoms with E-state index >= 15 is 0 Å². The van der Waals surface area contributed by atoms with Crippen molar-refractivity contribution in [1.82, 2.24) is 25.1 Å². The van der Waals surface area contributed by atoms with Gasteiger partial charge in [0.2, 0.25) is 5.88 Å². The highest BCUT2D eigenvalue weighted by Crippen LogP contribution is 2.33. The molecule has 1 aromatic carbocycles. The van der Waals surface area contributed by atoms with E-state index < -0.39 is 36.4 Å². The largest absolute Gasteiger partial charge is 0.467 e. The number of alkyl halides is 3. The molecule has 0 spiro atoms. The summed E-state index contributed by atoms with van der Waals surface area (Å²) >= 11 is 6.07. The number of amides is 1. The van der Waals surface area contributed by atoms with Crippen molar-refractivity contribution >= 4 is 23.5 Å². The standard InChI is InChI=1S/C19H17ClF3N5O4/c1-31-18(30)13(6-11-8-24-10-25-11)26-16(29)9-32-17-7-15(19(21,22)23)27-28(17)14-5-3-2-4-12(14)20/h2-5,7-8,10,13H,6,9H2,1H3,(H,24,25)(H,26,29)/t13-/m0/s1. The Hall–Kier alpha value is -3.54. The summed E-state index contributed by atoms with van der Waals surface area (Å²) in [5.41, 5.74) is -0.599. The predicted molar refractivity (Wildman–Crippen MR) is 105 cm³/mol. The van der Waals surface area contributed by atoms with Crippen molar-refractivity contribution < 1.29 is 32.2 Å². The minimum absolute atomic E-state index is 0.0394. The average Bonchev–Trinajstić information content (AvgIpc) is 3.41. The van der Waals surface area contributed by atoms with E-state index in [4.69, 9.17) is 16.3 Å². The molecule has 2 N–H and O–H groups in total. The van der Waals surface area contributed by atoms with Crippen LogP contribution in [0, 0.1) is 0 Å². The summed E-state index contributed by atoms with van der Waals surface area (Å²) in [5.74, 6) is -1.85. The number of methoxy groups -OCH3 is 1. The Morgan fingerprint density at radius 3 is 2.69 bits per heavy atom. The highest BCUT2D eigenvalue weighted by Gasteiger charge is 2.36. The third kappa shape index (κ3) is 5.58. The number of benzene rings is 1. The molecule has 0 radical (unpaired) electrons. The zero-order valence-electron chi connectivity index (χ0n) is 16.5. The second kappa shape index (κ2) is 9.73. The summed E-state index contributed by atoms with van der Waals surface area (Å²) in [7, 11) is 1.16. The Morgan fingerprint density at radius 2 is 2.06 bits per heavy atom. The smallest absolute Gasteiger partial charge is 0.435 e. The van der Waals surface area contributed by atoms with Gasteiger partial charge in [0.15, 0.2) is 12.3 Å². The number of aromatic nitrogens is 4. The molecule has 0 unspecified atom stereocenters. The van der Waals surface area contributed by atoms with Gasteiger partial charge in [0, 0.05) is 18.7 Å². The van der Waals surface area contributed by atoms with E-state index in [0.717, 1.165) is 11.8 Å². The van der Waals surface area contributed by atoms with Crippen LogP contribution in [-0.2, 0) is 26.9 Å². The van der Waals surface area contributed by atoms with Crippen LogP contribution in [0.2, 0.25) is 5.02 Å². The monoisotopic (exact) mass is 471 g/mol. The summed E-state index contributed by atoms with van der Waals surface area (Å²) in [4.78, 5) is 31.0. The molecule has 0 fully saturated rings. The van der Waals surface area contributed by atoms with Crippen molar-refractivity contribution in [3.8, 4) is 11.6 Å². The van der Waals surface area contributed by atoms with Gasteiger partial charge < -0.3 is 19.8 Å². The number of para-hydroxylation sites is 1. The quantitative estimate of drug-likeness (QED) is 0.488. The molecule has 1 atom stereocenters. The van der Waals surface area contributed by atoms with Crippen LogP contribution in [0.3, 0.4) is 0 Å². The maximum atomic E-state index is 13.2. The number of aromatic amines is 1. The van der Waals surface area contributed by atoms with Gasteiger partial charge in [-0.15, -0.1) is 0 Å². The maximum absolute atomic E-state index is 13.2. The molecule has 1 amide bonds. The second-order valence-corrected chi connectivity index (χ2v) is 6.83. The summed E-state index contributed by atoms with van der Waals surface area (Å²) in [5, 5.41) is 6.05. The molecule has 170 valence electrons. The minimum Gasteiger partial charge on any atom is -0.467 e. The maximum Gasteiger partial charge on any atom is 0.435 e. The number of halogens is 4. The van der Waals surface area contributed by atoms with Gasteiger partial charge in [-0.05, 0) is 12.1 Å². The summed E-state index contributed by atoms with van der Waals surface area (Å²) in [6.07, 6.45) is -1.76. The lowest BCUT2D eigenvalue weighted by Crippen LogP contribution is -2.45. The molecular formula is C19H17ClF3N5O4. The third-order valence-electron chi connectivity index (χ3n) is 4.19. The van der Waals surface area contributed by atoms with Gasteiger partial charge in [-0.3, -0.25) is 4.79 Å². The first-order valence-electron chi connectivity index (χ1n) is 9.09. The van der Waals surface area contributed by atoms with Gasteiger partial charge in [0.05, 0.1) is 29.8 Å². The van der Waals surface area contributed by atoms with E-state index in [1.165, 1.54) is 18.5 Å². The van der Waals surface area contributed by atoms with E-state index in [1.807, 2.05) is 0 Å². The molecular weight excluding hydrogens is 455 g/mol. The molecule has 32 heavy (non-hydrogen) atoms. The van der Waals surface area contributed by atoms with E-state index in [2.05, 4.69) is 25.1 Å². The lowest BCUT2D eigenvalue weighted by molar-refractivity contribution is -0.145. The minimum atomic E-state index is -4.74. The number of nitrogens with one attached hydrogen (secondary N) is 2. The van der Waals surface area contributed by atoms with Crippen molar-refractivity contribution in [2.75, 3.05) is 13.7 Å². The second-order valence-electron chi connectivity index (χ2n) is 6.43. The Kier molecular flexibility index (Phi) is 7.03. The lowest BCUT2D eigenvalue weighted by Gasteiger charge is -2.16. The van der Waals surface area contributed by atoms with Crippen LogP contribution in [0.25, 0.3) is 5.69 Å². The van der Waals surface area contributed by atoms with Gasteiger partial charge in [-0.25, -0.2) is 9.78 Å². The molecule has 2 aromatic heterocycles. The normalized spacial score (nSPS) is 12.3. The number of hydrogen-bond donors (Lipinski definition) is 2. The van der Waals surface area contributed by atoms with E-state index in [1.54, 1.807) is 18.3 Å². The molecule has 0 aliphatic heterocycles. The fraction of sp³-hybridized carbons (Fsp3) is 0.263. The molecule has 3 rings (SSSR count). The zero-order valence-corrected chi connectivity index (χ0v) is 17.3. The molecule has 9 nitrogen and oxygen atoms in total. The molecule has 0 saturated carbocycles. The zero-order chi connectivity index (χ0) is 23.3. The van der Waals surface area contributed by atoms with Crippen molar-refractivity contribution in [1.29, 1.82) is 0 Å². The fourth-order valence-corrected chi connectivity index (χ4v) is 2.94. The number of hydrogen-bond acceptors (Lipinski definition) is 6. The highest BCUT2D eigenvalue weighted by molar-refractivity contribution is 6.32. The number of imidazole rings is 1. The Balaban J connectivity index is 1.76. The topological polar surface area (TPSA) is 111 Å². The number of carbonyl (C=O) groups is 2. The molecule has 0 aliphatic carbocycles. The summed E-state index contributed by atoms with van der Waals surface area (Å²) < 4.78 is 50.3. The van der Waals surface area contributed by atoms with Crippen LogP contribution in [0.15, 0.2) is 42.9 Å². The first-order chi connectivity index (χ1) is 15.2. The Labute approximate surface area is 184 Å².